The third-order valence-corrected chi connectivity index (χ3v) is 5.47. The summed E-state index contributed by atoms with van der Waals surface area (Å²) >= 11 is 0. The minimum absolute atomic E-state index is 0.249. The molecule has 0 aliphatic carbocycles. The van der Waals surface area contributed by atoms with Crippen LogP contribution in [0.3, 0.4) is 0 Å². The molecular weight excluding hydrogens is 350 g/mol. The number of carbonyl (C=O) groups is 1. The molecule has 0 spiro atoms. The number of imidazole rings is 1. The van der Waals surface area contributed by atoms with Gasteiger partial charge in [-0.25, -0.2) is 9.78 Å². The summed E-state index contributed by atoms with van der Waals surface area (Å²) in [7, 11) is 1.96. The SMILES string of the molecule is CCn1c2ccccc2c2cc(-c3nc4cc(C(=O)O)ccc4n3C)ccc21. The van der Waals surface area contributed by atoms with Crippen LogP contribution >= 0.6 is 0 Å². The van der Waals surface area contributed by atoms with Crippen molar-refractivity contribution >= 4 is 38.8 Å². The summed E-state index contributed by atoms with van der Waals surface area (Å²) in [4.78, 5) is 16.0. The van der Waals surface area contributed by atoms with Crippen molar-refractivity contribution in [1.29, 1.82) is 0 Å². The fraction of sp³-hybridized carbons (Fsp3) is 0.130. The van der Waals surface area contributed by atoms with E-state index in [0.717, 1.165) is 23.4 Å². The predicted molar refractivity (Wildman–Crippen MR) is 112 cm³/mol. The summed E-state index contributed by atoms with van der Waals surface area (Å²) < 4.78 is 4.34. The van der Waals surface area contributed by atoms with E-state index in [1.165, 1.54) is 21.8 Å². The van der Waals surface area contributed by atoms with Crippen molar-refractivity contribution in [2.75, 3.05) is 0 Å². The Kier molecular flexibility index (Phi) is 3.52. The lowest BCUT2D eigenvalue weighted by molar-refractivity contribution is 0.0697. The van der Waals surface area contributed by atoms with E-state index in [4.69, 9.17) is 4.98 Å². The fourth-order valence-corrected chi connectivity index (χ4v) is 4.12. The summed E-state index contributed by atoms with van der Waals surface area (Å²) in [5.41, 5.74) is 5.30. The Hall–Kier alpha value is -3.60. The Morgan fingerprint density at radius 3 is 2.50 bits per heavy atom. The quantitative estimate of drug-likeness (QED) is 0.483. The second kappa shape index (κ2) is 5.96. The highest BCUT2D eigenvalue weighted by Crippen LogP contribution is 2.33. The first-order valence-electron chi connectivity index (χ1n) is 9.29. The van der Waals surface area contributed by atoms with Gasteiger partial charge in [-0.1, -0.05) is 18.2 Å². The van der Waals surface area contributed by atoms with Crippen molar-refractivity contribution in [2.45, 2.75) is 13.5 Å². The maximum Gasteiger partial charge on any atom is 0.335 e. The second-order valence-corrected chi connectivity index (χ2v) is 7.00. The summed E-state index contributed by atoms with van der Waals surface area (Å²) in [5, 5.41) is 11.7. The topological polar surface area (TPSA) is 60.1 Å². The summed E-state index contributed by atoms with van der Waals surface area (Å²) in [6.45, 7) is 3.07. The maximum absolute atomic E-state index is 11.3. The molecule has 0 bridgehead atoms. The zero-order chi connectivity index (χ0) is 19.4. The van der Waals surface area contributed by atoms with E-state index in [-0.39, 0.29) is 5.56 Å². The minimum Gasteiger partial charge on any atom is -0.478 e. The molecule has 0 unspecified atom stereocenters. The molecule has 1 N–H and O–H groups in total. The Labute approximate surface area is 161 Å². The molecule has 3 aromatic carbocycles. The summed E-state index contributed by atoms with van der Waals surface area (Å²) in [5.74, 6) is -0.115. The molecule has 0 saturated carbocycles. The minimum atomic E-state index is -0.942. The molecule has 2 aromatic heterocycles. The second-order valence-electron chi connectivity index (χ2n) is 7.00. The largest absolute Gasteiger partial charge is 0.478 e. The van der Waals surface area contributed by atoms with Crippen LogP contribution in [0.1, 0.15) is 17.3 Å². The Morgan fingerprint density at radius 2 is 1.71 bits per heavy atom. The molecule has 2 heterocycles. The summed E-state index contributed by atoms with van der Waals surface area (Å²) in [6.07, 6.45) is 0. The van der Waals surface area contributed by atoms with Crippen molar-refractivity contribution in [3.63, 3.8) is 0 Å². The number of hydrogen-bond acceptors (Lipinski definition) is 2. The summed E-state index contributed by atoms with van der Waals surface area (Å²) in [6, 6.07) is 19.9. The van der Waals surface area contributed by atoms with Gasteiger partial charge in [0.05, 0.1) is 16.6 Å². The number of benzene rings is 3. The molecule has 138 valence electrons. The first-order valence-corrected chi connectivity index (χ1v) is 9.29. The molecule has 0 amide bonds. The molecule has 0 radical (unpaired) electrons. The monoisotopic (exact) mass is 369 g/mol. The van der Waals surface area contributed by atoms with Crippen LogP contribution in [0.2, 0.25) is 0 Å². The van der Waals surface area contributed by atoms with Crippen molar-refractivity contribution in [3.8, 4) is 11.4 Å². The average Bonchev–Trinajstić information content (AvgIpc) is 3.22. The maximum atomic E-state index is 11.3. The number of aromatic nitrogens is 3. The van der Waals surface area contributed by atoms with E-state index < -0.39 is 5.97 Å². The Morgan fingerprint density at radius 1 is 0.964 bits per heavy atom. The van der Waals surface area contributed by atoms with Gasteiger partial charge in [0.2, 0.25) is 0 Å². The number of nitrogens with zero attached hydrogens (tertiary/aromatic N) is 3. The van der Waals surface area contributed by atoms with Gasteiger partial charge in [0.1, 0.15) is 5.82 Å². The molecule has 0 saturated heterocycles. The van der Waals surface area contributed by atoms with E-state index in [1.54, 1.807) is 12.1 Å². The number of carboxylic acids is 1. The fourth-order valence-electron chi connectivity index (χ4n) is 4.12. The number of para-hydroxylation sites is 1. The van der Waals surface area contributed by atoms with E-state index in [2.05, 4.69) is 54.0 Å². The Bertz CT molecular complexity index is 1390. The van der Waals surface area contributed by atoms with Gasteiger partial charge in [0, 0.05) is 41.0 Å². The van der Waals surface area contributed by atoms with Crippen LogP contribution in [-0.4, -0.2) is 25.2 Å². The molecule has 5 heteroatoms. The molecule has 28 heavy (non-hydrogen) atoms. The number of aryl methyl sites for hydroxylation is 2. The van der Waals surface area contributed by atoms with E-state index in [1.807, 2.05) is 17.7 Å². The van der Waals surface area contributed by atoms with Gasteiger partial charge in [-0.15, -0.1) is 0 Å². The van der Waals surface area contributed by atoms with Crippen LogP contribution in [0, 0.1) is 0 Å². The highest BCUT2D eigenvalue weighted by molar-refractivity contribution is 6.09. The molecule has 5 nitrogen and oxygen atoms in total. The third-order valence-electron chi connectivity index (χ3n) is 5.47. The van der Waals surface area contributed by atoms with Gasteiger partial charge in [0.15, 0.2) is 0 Å². The number of carboxylic acid groups (broad SMARTS) is 1. The van der Waals surface area contributed by atoms with E-state index in [9.17, 15) is 9.90 Å². The first kappa shape index (κ1) is 16.6. The van der Waals surface area contributed by atoms with Gasteiger partial charge in [-0.05, 0) is 49.4 Å². The molecule has 0 fully saturated rings. The van der Waals surface area contributed by atoms with Gasteiger partial charge >= 0.3 is 5.97 Å². The van der Waals surface area contributed by atoms with Gasteiger partial charge in [0.25, 0.3) is 0 Å². The first-order chi connectivity index (χ1) is 13.6. The number of fused-ring (bicyclic) bond motifs is 4. The molecule has 0 atom stereocenters. The van der Waals surface area contributed by atoms with Crippen molar-refractivity contribution in [3.05, 3.63) is 66.2 Å². The molecule has 5 aromatic rings. The zero-order valence-corrected chi connectivity index (χ0v) is 15.7. The third kappa shape index (κ3) is 2.26. The molecular formula is C23H19N3O2. The van der Waals surface area contributed by atoms with Crippen LogP contribution in [-0.2, 0) is 13.6 Å². The number of hydrogen-bond donors (Lipinski definition) is 1. The normalized spacial score (nSPS) is 11.6. The number of aromatic carboxylic acids is 1. The van der Waals surface area contributed by atoms with Crippen molar-refractivity contribution < 1.29 is 9.90 Å². The predicted octanol–water partition coefficient (Wildman–Crippen LogP) is 5.07. The highest BCUT2D eigenvalue weighted by Gasteiger charge is 2.15. The van der Waals surface area contributed by atoms with Crippen molar-refractivity contribution in [1.82, 2.24) is 14.1 Å². The van der Waals surface area contributed by atoms with Crippen LogP contribution in [0.25, 0.3) is 44.2 Å². The lowest BCUT2D eigenvalue weighted by atomic mass is 10.1. The number of rotatable bonds is 3. The van der Waals surface area contributed by atoms with E-state index >= 15 is 0 Å². The zero-order valence-electron chi connectivity index (χ0n) is 15.7. The smallest absolute Gasteiger partial charge is 0.335 e. The van der Waals surface area contributed by atoms with Crippen LogP contribution in [0.5, 0.6) is 0 Å². The lowest BCUT2D eigenvalue weighted by Crippen LogP contribution is -1.96. The van der Waals surface area contributed by atoms with Crippen LogP contribution < -0.4 is 0 Å². The molecule has 0 aliphatic rings. The average molecular weight is 369 g/mol. The molecule has 5 rings (SSSR count). The Balaban J connectivity index is 1.76. The van der Waals surface area contributed by atoms with Gasteiger partial charge in [-0.3, -0.25) is 0 Å². The standard InChI is InChI=1S/C23H19N3O2/c1-3-26-19-7-5-4-6-16(19)17-12-14(8-10-20(17)26)22-24-18-13-15(23(27)28)9-11-21(18)25(22)2/h4-13H,3H2,1-2H3,(H,27,28). The van der Waals surface area contributed by atoms with Gasteiger partial charge < -0.3 is 14.2 Å². The highest BCUT2D eigenvalue weighted by atomic mass is 16.4. The van der Waals surface area contributed by atoms with Crippen LogP contribution in [0.4, 0.5) is 0 Å². The van der Waals surface area contributed by atoms with Crippen LogP contribution in [0.15, 0.2) is 60.7 Å². The van der Waals surface area contributed by atoms with E-state index in [0.29, 0.717) is 5.52 Å². The van der Waals surface area contributed by atoms with Gasteiger partial charge in [-0.2, -0.15) is 0 Å². The van der Waals surface area contributed by atoms with Crippen molar-refractivity contribution in [2.24, 2.45) is 7.05 Å². The molecule has 0 aliphatic heterocycles. The lowest BCUT2D eigenvalue weighted by Gasteiger charge is -2.05.